The highest BCUT2D eigenvalue weighted by Gasteiger charge is 2.25. The zero-order valence-corrected chi connectivity index (χ0v) is 11.1. The number of amides is 1. The van der Waals surface area contributed by atoms with Gasteiger partial charge in [0.2, 0.25) is 5.91 Å². The van der Waals surface area contributed by atoms with E-state index in [1.54, 1.807) is 12.1 Å². The van der Waals surface area contributed by atoms with E-state index in [9.17, 15) is 14.7 Å². The minimum absolute atomic E-state index is 0.0433. The number of nitrogens with zero attached hydrogens (tertiary/aromatic N) is 2. The standard InChI is InChI=1S/C14H15N3O3/c1-8-16-11-4-2-3-10(14(19)20)13(11)17(8)9-5-6-12(18)15-7-9/h2-4,9H,5-7H2,1H3,(H,15,18)(H,19,20). The Labute approximate surface area is 115 Å². The molecule has 1 amide bonds. The van der Waals surface area contributed by atoms with Gasteiger partial charge in [-0.25, -0.2) is 9.78 Å². The number of imidazole rings is 1. The maximum absolute atomic E-state index is 11.4. The van der Waals surface area contributed by atoms with E-state index in [-0.39, 0.29) is 17.5 Å². The van der Waals surface area contributed by atoms with Crippen LogP contribution in [0.4, 0.5) is 0 Å². The highest BCUT2D eigenvalue weighted by molar-refractivity contribution is 6.01. The lowest BCUT2D eigenvalue weighted by Gasteiger charge is -2.25. The van der Waals surface area contributed by atoms with Crippen LogP contribution >= 0.6 is 0 Å². The van der Waals surface area contributed by atoms with Gasteiger partial charge in [0.25, 0.3) is 0 Å². The Hall–Kier alpha value is -2.37. The minimum Gasteiger partial charge on any atom is -0.478 e. The van der Waals surface area contributed by atoms with Gasteiger partial charge in [-0.2, -0.15) is 0 Å². The smallest absolute Gasteiger partial charge is 0.337 e. The molecule has 1 aliphatic heterocycles. The summed E-state index contributed by atoms with van der Waals surface area (Å²) in [4.78, 5) is 27.1. The number of fused-ring (bicyclic) bond motifs is 1. The van der Waals surface area contributed by atoms with E-state index in [4.69, 9.17) is 0 Å². The molecule has 1 aliphatic rings. The maximum Gasteiger partial charge on any atom is 0.337 e. The van der Waals surface area contributed by atoms with Crippen molar-refractivity contribution in [1.82, 2.24) is 14.9 Å². The maximum atomic E-state index is 11.4. The lowest BCUT2D eigenvalue weighted by molar-refractivity contribution is -0.122. The Morgan fingerprint density at radius 1 is 1.50 bits per heavy atom. The topological polar surface area (TPSA) is 84.2 Å². The number of aromatic carboxylic acids is 1. The summed E-state index contributed by atoms with van der Waals surface area (Å²) < 4.78 is 1.94. The van der Waals surface area contributed by atoms with Crippen LogP contribution in [0.2, 0.25) is 0 Å². The van der Waals surface area contributed by atoms with Crippen LogP contribution in [-0.4, -0.2) is 33.1 Å². The fourth-order valence-electron chi connectivity index (χ4n) is 2.82. The third-order valence-corrected chi connectivity index (χ3v) is 3.72. The van der Waals surface area contributed by atoms with E-state index in [1.807, 2.05) is 17.6 Å². The van der Waals surface area contributed by atoms with Crippen molar-refractivity contribution in [3.05, 3.63) is 29.6 Å². The van der Waals surface area contributed by atoms with Crippen LogP contribution in [-0.2, 0) is 4.79 Å². The first-order chi connectivity index (χ1) is 9.58. The second kappa shape index (κ2) is 4.63. The van der Waals surface area contributed by atoms with Gasteiger partial charge in [-0.15, -0.1) is 0 Å². The number of carboxylic acids is 1. The Balaban J connectivity index is 2.16. The average Bonchev–Trinajstić information content (AvgIpc) is 2.75. The Bertz CT molecular complexity index is 695. The lowest BCUT2D eigenvalue weighted by atomic mass is 10.1. The predicted octanol–water partition coefficient (Wildman–Crippen LogP) is 1.49. The molecule has 0 saturated carbocycles. The number of para-hydroxylation sites is 1. The molecule has 3 rings (SSSR count). The molecule has 2 heterocycles. The quantitative estimate of drug-likeness (QED) is 0.868. The van der Waals surface area contributed by atoms with Gasteiger partial charge in [-0.1, -0.05) is 6.07 Å². The van der Waals surface area contributed by atoms with Gasteiger partial charge in [-0.05, 0) is 25.5 Å². The molecule has 2 aromatic rings. The van der Waals surface area contributed by atoms with Gasteiger partial charge in [-0.3, -0.25) is 4.79 Å². The molecule has 1 aromatic carbocycles. The van der Waals surface area contributed by atoms with E-state index in [1.165, 1.54) is 0 Å². The number of benzene rings is 1. The molecule has 2 N–H and O–H groups in total. The van der Waals surface area contributed by atoms with Crippen molar-refractivity contribution in [1.29, 1.82) is 0 Å². The van der Waals surface area contributed by atoms with E-state index in [2.05, 4.69) is 10.3 Å². The summed E-state index contributed by atoms with van der Waals surface area (Å²) in [6.07, 6.45) is 1.16. The van der Waals surface area contributed by atoms with Crippen LogP contribution in [0.3, 0.4) is 0 Å². The van der Waals surface area contributed by atoms with Gasteiger partial charge in [0.15, 0.2) is 0 Å². The zero-order valence-electron chi connectivity index (χ0n) is 11.1. The second-order valence-corrected chi connectivity index (χ2v) is 5.00. The van der Waals surface area contributed by atoms with Crippen molar-refractivity contribution in [2.24, 2.45) is 0 Å². The van der Waals surface area contributed by atoms with Crippen LogP contribution in [0.1, 0.15) is 35.1 Å². The van der Waals surface area contributed by atoms with Gasteiger partial charge in [0, 0.05) is 13.0 Å². The largest absolute Gasteiger partial charge is 0.478 e. The molecule has 104 valence electrons. The first kappa shape index (κ1) is 12.7. The minimum atomic E-state index is -0.961. The number of hydrogen-bond acceptors (Lipinski definition) is 3. The Kier molecular flexibility index (Phi) is 2.93. The van der Waals surface area contributed by atoms with Crippen molar-refractivity contribution < 1.29 is 14.7 Å². The number of carbonyl (C=O) groups is 2. The first-order valence-corrected chi connectivity index (χ1v) is 6.55. The molecular weight excluding hydrogens is 258 g/mol. The number of rotatable bonds is 2. The van der Waals surface area contributed by atoms with Crippen LogP contribution in [0.15, 0.2) is 18.2 Å². The van der Waals surface area contributed by atoms with Crippen LogP contribution in [0.5, 0.6) is 0 Å². The molecule has 0 spiro atoms. The fraction of sp³-hybridized carbons (Fsp3) is 0.357. The summed E-state index contributed by atoms with van der Waals surface area (Å²) in [5.41, 5.74) is 1.57. The van der Waals surface area contributed by atoms with Gasteiger partial charge >= 0.3 is 5.97 Å². The lowest BCUT2D eigenvalue weighted by Crippen LogP contribution is -2.36. The number of aromatic nitrogens is 2. The molecule has 1 saturated heterocycles. The fourth-order valence-corrected chi connectivity index (χ4v) is 2.82. The summed E-state index contributed by atoms with van der Waals surface area (Å²) in [6, 6.07) is 5.15. The number of carboxylic acid groups (broad SMARTS) is 1. The van der Waals surface area contributed by atoms with E-state index in [0.29, 0.717) is 30.4 Å². The summed E-state index contributed by atoms with van der Waals surface area (Å²) >= 11 is 0. The van der Waals surface area contributed by atoms with Crippen LogP contribution < -0.4 is 5.32 Å². The monoisotopic (exact) mass is 273 g/mol. The van der Waals surface area contributed by atoms with Crippen LogP contribution in [0, 0.1) is 6.92 Å². The SMILES string of the molecule is Cc1nc2cccc(C(=O)O)c2n1C1CCC(=O)NC1. The first-order valence-electron chi connectivity index (χ1n) is 6.55. The molecule has 6 nitrogen and oxygen atoms in total. The van der Waals surface area contributed by atoms with Gasteiger partial charge in [0.1, 0.15) is 5.82 Å². The Morgan fingerprint density at radius 2 is 2.30 bits per heavy atom. The summed E-state index contributed by atoms with van der Waals surface area (Å²) in [5, 5.41) is 12.2. The molecule has 1 aromatic heterocycles. The number of piperidine rings is 1. The third-order valence-electron chi connectivity index (χ3n) is 3.72. The molecule has 1 unspecified atom stereocenters. The highest BCUT2D eigenvalue weighted by Crippen LogP contribution is 2.27. The molecule has 20 heavy (non-hydrogen) atoms. The van der Waals surface area contributed by atoms with E-state index < -0.39 is 5.97 Å². The molecule has 0 aliphatic carbocycles. The number of carbonyl (C=O) groups excluding carboxylic acids is 1. The number of aryl methyl sites for hydroxylation is 1. The molecule has 0 radical (unpaired) electrons. The summed E-state index contributed by atoms with van der Waals surface area (Å²) in [7, 11) is 0. The predicted molar refractivity (Wildman–Crippen MR) is 72.7 cm³/mol. The molecular formula is C14H15N3O3. The number of hydrogen-bond donors (Lipinski definition) is 2. The van der Waals surface area contributed by atoms with Crippen molar-refractivity contribution in [3.8, 4) is 0 Å². The van der Waals surface area contributed by atoms with Crippen molar-refractivity contribution >= 4 is 22.9 Å². The van der Waals surface area contributed by atoms with Gasteiger partial charge in [0.05, 0.1) is 22.6 Å². The average molecular weight is 273 g/mol. The van der Waals surface area contributed by atoms with Crippen molar-refractivity contribution in [2.75, 3.05) is 6.54 Å². The molecule has 1 fully saturated rings. The Morgan fingerprint density at radius 3 is 2.95 bits per heavy atom. The van der Waals surface area contributed by atoms with E-state index in [0.717, 1.165) is 5.82 Å². The van der Waals surface area contributed by atoms with Crippen LogP contribution in [0.25, 0.3) is 11.0 Å². The second-order valence-electron chi connectivity index (χ2n) is 5.00. The highest BCUT2D eigenvalue weighted by atomic mass is 16.4. The molecule has 0 bridgehead atoms. The van der Waals surface area contributed by atoms with Gasteiger partial charge < -0.3 is 15.0 Å². The zero-order chi connectivity index (χ0) is 14.3. The number of nitrogens with one attached hydrogen (secondary N) is 1. The summed E-state index contributed by atoms with van der Waals surface area (Å²) in [5.74, 6) is -0.145. The third kappa shape index (κ3) is 1.93. The normalized spacial score (nSPS) is 19.1. The summed E-state index contributed by atoms with van der Waals surface area (Å²) in [6.45, 7) is 2.38. The van der Waals surface area contributed by atoms with Crippen molar-refractivity contribution in [2.45, 2.75) is 25.8 Å². The molecule has 1 atom stereocenters. The van der Waals surface area contributed by atoms with E-state index >= 15 is 0 Å². The molecule has 6 heteroatoms. The van der Waals surface area contributed by atoms with Crippen molar-refractivity contribution in [3.63, 3.8) is 0 Å².